The molecule has 0 radical (unpaired) electrons. The van der Waals surface area contributed by atoms with Gasteiger partial charge in [0.05, 0.1) is 7.11 Å². The Balaban J connectivity index is 1.64. The number of pyridine rings is 1. The number of carbonyl (C=O) groups excluding carboxylic acids is 5. The Morgan fingerprint density at radius 1 is 0.821 bits per heavy atom. The lowest BCUT2D eigenvalue weighted by Gasteiger charge is -2.26. The predicted molar refractivity (Wildman–Crippen MR) is 197 cm³/mol. The van der Waals surface area contributed by atoms with Crippen molar-refractivity contribution in [1.29, 1.82) is 0 Å². The third-order valence-corrected chi connectivity index (χ3v) is 9.33. The van der Waals surface area contributed by atoms with Crippen LogP contribution in [0.3, 0.4) is 0 Å². The number of methoxy groups -OCH3 is 1. The molecule has 0 aliphatic carbocycles. The van der Waals surface area contributed by atoms with Crippen LogP contribution in [0.25, 0.3) is 0 Å². The van der Waals surface area contributed by atoms with Gasteiger partial charge in [0.2, 0.25) is 17.5 Å². The van der Waals surface area contributed by atoms with Gasteiger partial charge in [-0.25, -0.2) is 0 Å². The van der Waals surface area contributed by atoms with E-state index in [-0.39, 0.29) is 29.2 Å². The number of benzene rings is 3. The van der Waals surface area contributed by atoms with Crippen molar-refractivity contribution in [2.75, 3.05) is 7.11 Å². The summed E-state index contributed by atoms with van der Waals surface area (Å²) < 4.78 is 76.8. The summed E-state index contributed by atoms with van der Waals surface area (Å²) in [4.78, 5) is 69.9. The minimum atomic E-state index is -5.23. The Morgan fingerprint density at radius 3 is 2.05 bits per heavy atom. The summed E-state index contributed by atoms with van der Waals surface area (Å²) in [5, 5.41) is 5.15. The maximum atomic E-state index is 15.6. The fourth-order valence-corrected chi connectivity index (χ4v) is 6.07. The highest BCUT2D eigenvalue weighted by atomic mass is 35.5. The molecule has 0 unspecified atom stereocenters. The molecule has 3 atom stereocenters. The van der Waals surface area contributed by atoms with E-state index in [4.69, 9.17) is 16.3 Å². The molecule has 3 aromatic carbocycles. The standard InChI is InChI=1S/C41H39ClF5N3O6/c1-24(2)32(37(53)41(45,46)47)22-34(51)36(27-14-16-31(56-3)17-15-27)50-38(54)28(20-35(52)40(43,44)29-7-6-8-30(42)21-29)19-25-10-12-26(13-11-25)23-49-39(55)33-9-4-5-18-48-33/h4-18,21,24,28,32,36H,19-20,22-23H2,1-3H3,(H,49,55)(H,50,54)/t28-,32+,36+/m1/s1. The van der Waals surface area contributed by atoms with Gasteiger partial charge in [0.25, 0.3) is 5.91 Å². The Hall–Kier alpha value is -5.50. The summed E-state index contributed by atoms with van der Waals surface area (Å²) in [7, 11) is 1.38. The van der Waals surface area contributed by atoms with Gasteiger partial charge in [-0.1, -0.05) is 80.0 Å². The van der Waals surface area contributed by atoms with E-state index in [2.05, 4.69) is 15.6 Å². The molecule has 2 amide bonds. The monoisotopic (exact) mass is 799 g/mol. The molecule has 9 nitrogen and oxygen atoms in total. The van der Waals surface area contributed by atoms with Gasteiger partial charge in [-0.15, -0.1) is 0 Å². The van der Waals surface area contributed by atoms with E-state index in [1.54, 1.807) is 36.4 Å². The van der Waals surface area contributed by atoms with Crippen LogP contribution in [0.15, 0.2) is 97.2 Å². The minimum absolute atomic E-state index is 0.0508. The van der Waals surface area contributed by atoms with Crippen LogP contribution in [0.5, 0.6) is 5.75 Å². The van der Waals surface area contributed by atoms with Crippen LogP contribution >= 0.6 is 11.6 Å². The molecule has 4 aromatic rings. The highest BCUT2D eigenvalue weighted by Gasteiger charge is 2.46. The molecular formula is C41H39ClF5N3O6. The van der Waals surface area contributed by atoms with Crippen LogP contribution in [0.4, 0.5) is 22.0 Å². The van der Waals surface area contributed by atoms with Gasteiger partial charge < -0.3 is 15.4 Å². The predicted octanol–water partition coefficient (Wildman–Crippen LogP) is 7.80. The van der Waals surface area contributed by atoms with Crippen molar-refractivity contribution in [3.8, 4) is 5.75 Å². The van der Waals surface area contributed by atoms with Crippen LogP contribution in [0.1, 0.15) is 65.5 Å². The lowest BCUT2D eigenvalue weighted by molar-refractivity contribution is -0.177. The first kappa shape index (κ1) is 43.2. The second-order valence-electron chi connectivity index (χ2n) is 13.4. The Morgan fingerprint density at radius 2 is 1.48 bits per heavy atom. The molecule has 15 heteroatoms. The number of aromatic nitrogens is 1. The van der Waals surface area contributed by atoms with E-state index in [9.17, 15) is 37.1 Å². The molecule has 4 rings (SSSR count). The number of halogens is 6. The Kier molecular flexibility index (Phi) is 14.6. The highest BCUT2D eigenvalue weighted by molar-refractivity contribution is 6.30. The number of nitrogens with one attached hydrogen (secondary N) is 2. The summed E-state index contributed by atoms with van der Waals surface area (Å²) in [6.45, 7) is 2.80. The topological polar surface area (TPSA) is 132 Å². The van der Waals surface area contributed by atoms with Crippen LogP contribution in [0, 0.1) is 17.8 Å². The van der Waals surface area contributed by atoms with E-state index in [0.717, 1.165) is 12.1 Å². The molecule has 296 valence electrons. The van der Waals surface area contributed by atoms with Crippen molar-refractivity contribution in [2.45, 2.75) is 57.8 Å². The first-order chi connectivity index (χ1) is 26.4. The van der Waals surface area contributed by atoms with Crippen molar-refractivity contribution in [1.82, 2.24) is 15.6 Å². The number of ether oxygens (including phenoxy) is 1. The van der Waals surface area contributed by atoms with Crippen molar-refractivity contribution in [3.05, 3.63) is 130 Å². The molecule has 0 fully saturated rings. The van der Waals surface area contributed by atoms with Gasteiger partial charge >= 0.3 is 12.1 Å². The average molecular weight is 800 g/mol. The third kappa shape index (κ3) is 11.5. The lowest BCUT2D eigenvalue weighted by Crippen LogP contribution is -2.42. The number of rotatable bonds is 18. The zero-order valence-electron chi connectivity index (χ0n) is 30.5. The first-order valence-corrected chi connectivity index (χ1v) is 17.8. The van der Waals surface area contributed by atoms with E-state index in [1.165, 1.54) is 69.6 Å². The summed E-state index contributed by atoms with van der Waals surface area (Å²) in [6, 6.07) is 19.8. The molecule has 0 saturated heterocycles. The summed E-state index contributed by atoms with van der Waals surface area (Å²) in [6.07, 6.45) is -5.96. The third-order valence-electron chi connectivity index (χ3n) is 9.10. The molecular weight excluding hydrogens is 761 g/mol. The van der Waals surface area contributed by atoms with Gasteiger partial charge in [-0.3, -0.25) is 29.0 Å². The lowest BCUT2D eigenvalue weighted by atomic mass is 9.83. The smallest absolute Gasteiger partial charge is 0.450 e. The van der Waals surface area contributed by atoms with Gasteiger partial charge in [-0.2, -0.15) is 22.0 Å². The average Bonchev–Trinajstić information content (AvgIpc) is 3.17. The molecule has 0 saturated carbocycles. The molecule has 0 aliphatic heterocycles. The van der Waals surface area contributed by atoms with Crippen molar-refractivity contribution < 1.29 is 50.7 Å². The van der Waals surface area contributed by atoms with Crippen molar-refractivity contribution in [2.24, 2.45) is 17.8 Å². The normalized spacial score (nSPS) is 13.3. The first-order valence-electron chi connectivity index (χ1n) is 17.4. The van der Waals surface area contributed by atoms with Gasteiger partial charge in [0.15, 0.2) is 5.78 Å². The van der Waals surface area contributed by atoms with Crippen molar-refractivity contribution in [3.63, 3.8) is 0 Å². The fraction of sp³-hybridized carbons (Fsp3) is 0.317. The summed E-state index contributed by atoms with van der Waals surface area (Å²) in [5.41, 5.74) is 0.673. The van der Waals surface area contributed by atoms with E-state index >= 15 is 8.78 Å². The van der Waals surface area contributed by atoms with Crippen LogP contribution < -0.4 is 15.4 Å². The number of ketones is 3. The molecule has 1 aromatic heterocycles. The van der Waals surface area contributed by atoms with Crippen LogP contribution in [-0.2, 0) is 38.1 Å². The summed E-state index contributed by atoms with van der Waals surface area (Å²) in [5.74, 6) is -14.1. The maximum Gasteiger partial charge on any atom is 0.450 e. The fourth-order valence-electron chi connectivity index (χ4n) is 5.88. The molecule has 56 heavy (non-hydrogen) atoms. The number of hydrogen-bond acceptors (Lipinski definition) is 7. The summed E-state index contributed by atoms with van der Waals surface area (Å²) >= 11 is 5.91. The van der Waals surface area contributed by atoms with E-state index in [1.807, 2.05) is 0 Å². The van der Waals surface area contributed by atoms with Crippen molar-refractivity contribution >= 4 is 40.8 Å². The maximum absolute atomic E-state index is 15.6. The number of alkyl halides is 5. The largest absolute Gasteiger partial charge is 0.497 e. The molecule has 2 N–H and O–H groups in total. The Bertz CT molecular complexity index is 2010. The van der Waals surface area contributed by atoms with Gasteiger partial charge in [0, 0.05) is 48.0 Å². The quantitative estimate of drug-likeness (QED) is 0.0983. The number of carbonyl (C=O) groups is 5. The second-order valence-corrected chi connectivity index (χ2v) is 13.9. The van der Waals surface area contributed by atoms with Gasteiger partial charge in [0.1, 0.15) is 17.5 Å². The zero-order valence-corrected chi connectivity index (χ0v) is 31.3. The van der Waals surface area contributed by atoms with E-state index in [0.29, 0.717) is 16.9 Å². The molecule has 0 aliphatic rings. The number of hydrogen-bond donors (Lipinski definition) is 2. The minimum Gasteiger partial charge on any atom is -0.497 e. The number of amides is 2. The SMILES string of the molecule is COc1ccc([C@H](NC(=O)[C@@H](CC(=O)C(F)(F)c2cccc(Cl)c2)Cc2ccc(CNC(=O)c3ccccn3)cc2)C(=O)C[C@H](C(=O)C(F)(F)F)C(C)C)cc1. The molecule has 0 spiro atoms. The number of nitrogens with zero attached hydrogens (tertiary/aromatic N) is 1. The van der Waals surface area contributed by atoms with Gasteiger partial charge in [-0.05, 0) is 65.4 Å². The second kappa shape index (κ2) is 18.9. The zero-order chi connectivity index (χ0) is 41.2. The number of Topliss-reactive ketones (excluding diaryl/α,β-unsaturated/α-hetero) is 3. The molecule has 1 heterocycles. The van der Waals surface area contributed by atoms with E-state index < -0.39 is 83.5 Å². The highest BCUT2D eigenvalue weighted by Crippen LogP contribution is 2.34. The molecule has 0 bridgehead atoms. The van der Waals surface area contributed by atoms with Crippen LogP contribution in [0.2, 0.25) is 5.02 Å². The van der Waals surface area contributed by atoms with Crippen LogP contribution in [-0.4, -0.2) is 47.4 Å². The Labute approximate surface area is 325 Å².